The molecular weight excluding hydrogens is 266 g/mol. The van der Waals surface area contributed by atoms with Gasteiger partial charge < -0.3 is 10.1 Å². The summed E-state index contributed by atoms with van der Waals surface area (Å²) in [6, 6.07) is -0.183. The molecule has 1 aromatic heterocycles. The summed E-state index contributed by atoms with van der Waals surface area (Å²) in [6.45, 7) is 1.93. The van der Waals surface area contributed by atoms with Crippen LogP contribution in [0.25, 0.3) is 0 Å². The fourth-order valence-corrected chi connectivity index (χ4v) is 3.78. The van der Waals surface area contributed by atoms with Crippen LogP contribution in [0.2, 0.25) is 0 Å². The SMILES string of the molecule is CCc1ncc(S(=O)(=O)NC2CCCCC2CO)[nH]1. The van der Waals surface area contributed by atoms with E-state index in [1.54, 1.807) is 0 Å². The van der Waals surface area contributed by atoms with Crippen LogP contribution in [0.15, 0.2) is 11.2 Å². The van der Waals surface area contributed by atoms with Crippen LogP contribution < -0.4 is 4.72 Å². The summed E-state index contributed by atoms with van der Waals surface area (Å²) in [4.78, 5) is 6.81. The number of hydrogen-bond acceptors (Lipinski definition) is 4. The number of nitrogens with one attached hydrogen (secondary N) is 2. The fraction of sp³-hybridized carbons (Fsp3) is 0.750. The van der Waals surface area contributed by atoms with Crippen molar-refractivity contribution < 1.29 is 13.5 Å². The molecule has 108 valence electrons. The fourth-order valence-electron chi connectivity index (χ4n) is 2.50. The van der Waals surface area contributed by atoms with Crippen LogP contribution >= 0.6 is 0 Å². The largest absolute Gasteiger partial charge is 0.396 e. The van der Waals surface area contributed by atoms with E-state index < -0.39 is 10.0 Å². The van der Waals surface area contributed by atoms with Crippen molar-refractivity contribution >= 4 is 10.0 Å². The second kappa shape index (κ2) is 6.02. The van der Waals surface area contributed by atoms with Crippen LogP contribution in [0.5, 0.6) is 0 Å². The van der Waals surface area contributed by atoms with Gasteiger partial charge in [0.1, 0.15) is 5.82 Å². The van der Waals surface area contributed by atoms with Gasteiger partial charge in [-0.15, -0.1) is 0 Å². The van der Waals surface area contributed by atoms with Crippen molar-refractivity contribution in [3.63, 3.8) is 0 Å². The maximum absolute atomic E-state index is 12.2. The first-order valence-corrected chi connectivity index (χ1v) is 8.22. The highest BCUT2D eigenvalue weighted by Crippen LogP contribution is 2.25. The molecule has 1 saturated carbocycles. The standard InChI is InChI=1S/C12H21N3O3S/c1-2-11-13-7-12(14-11)19(17,18)15-10-6-4-3-5-9(10)8-16/h7,9-10,15-16H,2-6,8H2,1H3,(H,13,14). The molecule has 0 aromatic carbocycles. The summed E-state index contributed by atoms with van der Waals surface area (Å²) in [5, 5.41) is 9.42. The van der Waals surface area contributed by atoms with E-state index in [0.29, 0.717) is 12.2 Å². The van der Waals surface area contributed by atoms with Gasteiger partial charge in [-0.2, -0.15) is 0 Å². The Morgan fingerprint density at radius 1 is 1.47 bits per heavy atom. The van der Waals surface area contributed by atoms with E-state index >= 15 is 0 Å². The van der Waals surface area contributed by atoms with Gasteiger partial charge in [0.15, 0.2) is 5.03 Å². The number of aliphatic hydroxyl groups excluding tert-OH is 1. The molecule has 6 nitrogen and oxygen atoms in total. The summed E-state index contributed by atoms with van der Waals surface area (Å²) in [5.74, 6) is 0.666. The van der Waals surface area contributed by atoms with Gasteiger partial charge in [0, 0.05) is 19.1 Å². The second-order valence-electron chi connectivity index (χ2n) is 5.00. The zero-order valence-corrected chi connectivity index (χ0v) is 11.9. The maximum atomic E-state index is 12.2. The molecule has 0 spiro atoms. The quantitative estimate of drug-likeness (QED) is 0.746. The zero-order chi connectivity index (χ0) is 13.9. The minimum Gasteiger partial charge on any atom is -0.396 e. The Morgan fingerprint density at radius 2 is 2.21 bits per heavy atom. The number of rotatable bonds is 5. The monoisotopic (exact) mass is 287 g/mol. The average Bonchev–Trinajstić information content (AvgIpc) is 2.88. The number of imidazole rings is 1. The van der Waals surface area contributed by atoms with E-state index in [1.165, 1.54) is 6.20 Å². The summed E-state index contributed by atoms with van der Waals surface area (Å²) >= 11 is 0. The van der Waals surface area contributed by atoms with Gasteiger partial charge in [-0.1, -0.05) is 19.8 Å². The summed E-state index contributed by atoms with van der Waals surface area (Å²) in [7, 11) is -3.57. The van der Waals surface area contributed by atoms with Gasteiger partial charge in [-0.25, -0.2) is 18.1 Å². The van der Waals surface area contributed by atoms with Crippen molar-refractivity contribution in [2.45, 2.75) is 50.1 Å². The first kappa shape index (κ1) is 14.5. The third-order valence-electron chi connectivity index (χ3n) is 3.68. The van der Waals surface area contributed by atoms with Crippen LogP contribution in [0.4, 0.5) is 0 Å². The molecule has 0 amide bonds. The lowest BCUT2D eigenvalue weighted by Crippen LogP contribution is -2.43. The molecule has 7 heteroatoms. The minimum atomic E-state index is -3.57. The van der Waals surface area contributed by atoms with Crippen molar-refractivity contribution in [2.75, 3.05) is 6.61 Å². The molecular formula is C12H21N3O3S. The zero-order valence-electron chi connectivity index (χ0n) is 11.1. The van der Waals surface area contributed by atoms with Crippen LogP contribution in [0.3, 0.4) is 0 Å². The van der Waals surface area contributed by atoms with E-state index in [0.717, 1.165) is 25.7 Å². The predicted molar refractivity (Wildman–Crippen MR) is 71.1 cm³/mol. The van der Waals surface area contributed by atoms with Gasteiger partial charge in [-0.3, -0.25) is 0 Å². The summed E-state index contributed by atoms with van der Waals surface area (Å²) in [6.07, 6.45) is 5.70. The summed E-state index contributed by atoms with van der Waals surface area (Å²) in [5.41, 5.74) is 0. The topological polar surface area (TPSA) is 95.1 Å². The van der Waals surface area contributed by atoms with E-state index in [4.69, 9.17) is 0 Å². The number of H-pyrrole nitrogens is 1. The molecule has 3 N–H and O–H groups in total. The number of aliphatic hydroxyl groups is 1. The number of hydrogen-bond donors (Lipinski definition) is 3. The normalized spacial score (nSPS) is 24.5. The van der Waals surface area contributed by atoms with Crippen LogP contribution in [-0.4, -0.2) is 36.1 Å². The Balaban J connectivity index is 2.11. The lowest BCUT2D eigenvalue weighted by molar-refractivity contribution is 0.164. The Hall–Kier alpha value is -0.920. The molecule has 0 saturated heterocycles. The number of sulfonamides is 1. The third-order valence-corrected chi connectivity index (χ3v) is 5.08. The first-order chi connectivity index (χ1) is 9.06. The molecule has 1 heterocycles. The highest BCUT2D eigenvalue weighted by molar-refractivity contribution is 7.89. The van der Waals surface area contributed by atoms with Crippen molar-refractivity contribution in [2.24, 2.45) is 5.92 Å². The van der Waals surface area contributed by atoms with Crippen molar-refractivity contribution in [1.29, 1.82) is 0 Å². The van der Waals surface area contributed by atoms with Crippen molar-refractivity contribution in [3.8, 4) is 0 Å². The first-order valence-electron chi connectivity index (χ1n) is 6.74. The Bertz CT molecular complexity index is 512. The van der Waals surface area contributed by atoms with Gasteiger partial charge in [-0.05, 0) is 18.8 Å². The van der Waals surface area contributed by atoms with E-state index in [-0.39, 0.29) is 23.6 Å². The Kier molecular flexibility index (Phi) is 4.59. The lowest BCUT2D eigenvalue weighted by atomic mass is 9.86. The van der Waals surface area contributed by atoms with E-state index in [2.05, 4.69) is 14.7 Å². The Labute approximate surface area is 113 Å². The Morgan fingerprint density at radius 3 is 2.84 bits per heavy atom. The van der Waals surface area contributed by atoms with Gasteiger partial charge in [0.05, 0.1) is 6.20 Å². The van der Waals surface area contributed by atoms with Crippen LogP contribution in [0.1, 0.15) is 38.4 Å². The van der Waals surface area contributed by atoms with Crippen molar-refractivity contribution in [3.05, 3.63) is 12.0 Å². The van der Waals surface area contributed by atoms with E-state index in [9.17, 15) is 13.5 Å². The number of aromatic amines is 1. The third kappa shape index (κ3) is 3.34. The van der Waals surface area contributed by atoms with Gasteiger partial charge in [0.25, 0.3) is 10.0 Å². The summed E-state index contributed by atoms with van der Waals surface area (Å²) < 4.78 is 27.1. The molecule has 1 fully saturated rings. The predicted octanol–water partition coefficient (Wildman–Crippen LogP) is 0.801. The molecule has 0 radical (unpaired) electrons. The van der Waals surface area contributed by atoms with Gasteiger partial charge >= 0.3 is 0 Å². The highest BCUT2D eigenvalue weighted by Gasteiger charge is 2.29. The number of aryl methyl sites for hydroxylation is 1. The lowest BCUT2D eigenvalue weighted by Gasteiger charge is -2.30. The molecule has 1 aromatic rings. The molecule has 2 unspecified atom stereocenters. The molecule has 1 aliphatic carbocycles. The van der Waals surface area contributed by atoms with Gasteiger partial charge in [0.2, 0.25) is 0 Å². The minimum absolute atomic E-state index is 0.0112. The molecule has 19 heavy (non-hydrogen) atoms. The van der Waals surface area contributed by atoms with E-state index in [1.807, 2.05) is 6.92 Å². The molecule has 1 aliphatic rings. The molecule has 0 bridgehead atoms. The highest BCUT2D eigenvalue weighted by atomic mass is 32.2. The molecule has 0 aliphatic heterocycles. The smallest absolute Gasteiger partial charge is 0.257 e. The maximum Gasteiger partial charge on any atom is 0.257 e. The second-order valence-corrected chi connectivity index (χ2v) is 6.68. The number of aromatic nitrogens is 2. The van der Waals surface area contributed by atoms with Crippen LogP contribution in [-0.2, 0) is 16.4 Å². The van der Waals surface area contributed by atoms with Crippen LogP contribution in [0, 0.1) is 5.92 Å². The van der Waals surface area contributed by atoms with Crippen molar-refractivity contribution in [1.82, 2.24) is 14.7 Å². The average molecular weight is 287 g/mol. The molecule has 2 rings (SSSR count). The number of nitrogens with zero attached hydrogens (tertiary/aromatic N) is 1. The molecule has 2 atom stereocenters.